The second-order valence-corrected chi connectivity index (χ2v) is 12.3. The fourth-order valence-electron chi connectivity index (χ4n) is 5.27. The van der Waals surface area contributed by atoms with Crippen molar-refractivity contribution in [2.24, 2.45) is 5.16 Å². The fraction of sp³-hybridized carbons (Fsp3) is 0.417. The first-order valence-corrected chi connectivity index (χ1v) is 14.6. The van der Waals surface area contributed by atoms with E-state index in [-0.39, 0.29) is 51.4 Å². The van der Waals surface area contributed by atoms with E-state index in [0.29, 0.717) is 18.8 Å². The largest absolute Gasteiger partial charge is 0.503 e. The van der Waals surface area contributed by atoms with Crippen molar-refractivity contribution in [1.82, 2.24) is 29.5 Å². The number of aromatic hydroxyl groups is 1. The maximum Gasteiger partial charge on any atom is 0.358 e. The van der Waals surface area contributed by atoms with Crippen LogP contribution in [0.4, 0.5) is 5.13 Å². The standard InChI is InChI=1S/C24H27N9O8S2/c1-24(28-18(36)15(29-41-3)17-27-23(25)43-30-17)21(40)32-16(20(38)39)12(10-42-22(24)32)33(2)6-4-31(5-7-33)19(37)11-8-13(34)14(35)9-26-11/h8-9,22H,4-7,10H2,1-3H3,(H5-,25,26,27,28,29,30,34,35,36,37,38,39)/p+1/t22-,24+/m0/s1. The molecule has 0 radical (unpaired) electrons. The van der Waals surface area contributed by atoms with Crippen LogP contribution in [0.3, 0.4) is 0 Å². The Labute approximate surface area is 251 Å². The van der Waals surface area contributed by atoms with Crippen molar-refractivity contribution in [2.75, 3.05) is 51.8 Å². The average molecular weight is 635 g/mol. The van der Waals surface area contributed by atoms with Gasteiger partial charge in [-0.2, -0.15) is 9.36 Å². The Balaban J connectivity index is 1.34. The van der Waals surface area contributed by atoms with Crippen molar-refractivity contribution in [3.8, 4) is 5.75 Å². The van der Waals surface area contributed by atoms with Gasteiger partial charge < -0.3 is 36.0 Å². The van der Waals surface area contributed by atoms with Crippen LogP contribution in [0.1, 0.15) is 23.2 Å². The van der Waals surface area contributed by atoms with Gasteiger partial charge in [0.2, 0.25) is 17.0 Å². The highest BCUT2D eigenvalue weighted by Gasteiger charge is 2.64. The Hall–Kier alpha value is -4.49. The number of anilines is 1. The zero-order valence-corrected chi connectivity index (χ0v) is 24.8. The molecule has 43 heavy (non-hydrogen) atoms. The molecule has 3 amide bonds. The van der Waals surface area contributed by atoms with Crippen molar-refractivity contribution in [1.29, 1.82) is 0 Å². The number of hydrogen-bond donors (Lipinski definition) is 5. The number of carbonyl (C=O) groups excluding carboxylic acids is 3. The lowest BCUT2D eigenvalue weighted by molar-refractivity contribution is -0.876. The first kappa shape index (κ1) is 30.0. The highest BCUT2D eigenvalue weighted by Crippen LogP contribution is 2.47. The number of quaternary nitrogens is 1. The van der Waals surface area contributed by atoms with E-state index in [2.05, 4.69) is 24.8 Å². The summed E-state index contributed by atoms with van der Waals surface area (Å²) in [4.78, 5) is 78.0. The van der Waals surface area contributed by atoms with Crippen LogP contribution in [-0.2, 0) is 19.2 Å². The number of pyridine rings is 1. The van der Waals surface area contributed by atoms with Crippen molar-refractivity contribution >= 4 is 57.8 Å². The lowest BCUT2D eigenvalue weighted by Crippen LogP contribution is -2.79. The van der Waals surface area contributed by atoms with Gasteiger partial charge in [0.1, 0.15) is 36.8 Å². The van der Waals surface area contributed by atoms with Crippen LogP contribution in [0.2, 0.25) is 0 Å². The fourth-order valence-corrected chi connectivity index (χ4v) is 7.31. The number of nitrogens with two attached hydrogens (primary N) is 1. The predicted octanol–water partition coefficient (Wildman–Crippen LogP) is -1.45. The third kappa shape index (κ3) is 5.08. The van der Waals surface area contributed by atoms with E-state index in [9.17, 15) is 34.2 Å². The molecule has 228 valence electrons. The topological polar surface area (TPSA) is 234 Å². The summed E-state index contributed by atoms with van der Waals surface area (Å²) in [6.45, 7) is 2.71. The van der Waals surface area contributed by atoms with Crippen LogP contribution in [0, 0.1) is 0 Å². The van der Waals surface area contributed by atoms with E-state index in [0.717, 1.165) is 23.8 Å². The van der Waals surface area contributed by atoms with Gasteiger partial charge in [0.15, 0.2) is 22.3 Å². The highest BCUT2D eigenvalue weighted by molar-refractivity contribution is 8.00. The second-order valence-electron chi connectivity index (χ2n) is 10.4. The predicted molar refractivity (Wildman–Crippen MR) is 153 cm³/mol. The molecule has 2 saturated heterocycles. The van der Waals surface area contributed by atoms with Gasteiger partial charge in [-0.05, 0) is 6.92 Å². The van der Waals surface area contributed by atoms with E-state index in [1.54, 1.807) is 0 Å². The van der Waals surface area contributed by atoms with Crippen molar-refractivity contribution < 1.29 is 38.7 Å². The molecule has 2 aromatic rings. The molecule has 0 aromatic carbocycles. The molecule has 6 N–H and O–H groups in total. The van der Waals surface area contributed by atoms with Crippen LogP contribution in [0.15, 0.2) is 33.6 Å². The molecule has 3 aliphatic heterocycles. The summed E-state index contributed by atoms with van der Waals surface area (Å²) in [5, 5.41) is 25.4. The first-order valence-electron chi connectivity index (χ1n) is 12.8. The molecule has 0 saturated carbocycles. The molecule has 0 bridgehead atoms. The zero-order valence-electron chi connectivity index (χ0n) is 23.2. The van der Waals surface area contributed by atoms with E-state index in [4.69, 9.17) is 10.6 Å². The number of rotatable bonds is 7. The number of β-lactam (4-membered cyclic amide) rings is 1. The van der Waals surface area contributed by atoms with Gasteiger partial charge in [0.05, 0.1) is 25.9 Å². The van der Waals surface area contributed by atoms with Crippen LogP contribution < -0.4 is 16.5 Å². The summed E-state index contributed by atoms with van der Waals surface area (Å²) in [6, 6.07) is 1.03. The van der Waals surface area contributed by atoms with Gasteiger partial charge in [0, 0.05) is 23.8 Å². The van der Waals surface area contributed by atoms with Gasteiger partial charge in [0.25, 0.3) is 17.7 Å². The molecule has 2 atom stereocenters. The minimum Gasteiger partial charge on any atom is -0.503 e. The molecule has 5 rings (SSSR count). The summed E-state index contributed by atoms with van der Waals surface area (Å²) >= 11 is 2.16. The second kappa shape index (κ2) is 11.0. The Kier molecular flexibility index (Phi) is 7.65. The van der Waals surface area contributed by atoms with Gasteiger partial charge in [-0.3, -0.25) is 28.6 Å². The van der Waals surface area contributed by atoms with Crippen molar-refractivity contribution in [3.05, 3.63) is 45.4 Å². The number of piperazine rings is 1. The number of aliphatic carboxylic acids is 1. The van der Waals surface area contributed by atoms with E-state index >= 15 is 0 Å². The number of hydrogen-bond acceptors (Lipinski definition) is 13. The summed E-state index contributed by atoms with van der Waals surface area (Å²) < 4.78 is 4.14. The SMILES string of the molecule is CON=C(C(=O)N[C@]1(C)C(=O)N2C(C(=O)O)=C([N+]3(C)CCN(C(=O)c4cc(=O)c(O)c[nH]4)CC3)CS[C@H]21)c1nsc(N)n1. The number of aromatic nitrogens is 3. The molecular weight excluding hydrogens is 606 g/mol. The normalized spacial score (nSPS) is 23.4. The van der Waals surface area contributed by atoms with E-state index in [1.165, 1.54) is 35.6 Å². The third-order valence-corrected chi connectivity index (χ3v) is 9.68. The third-order valence-electron chi connectivity index (χ3n) is 7.70. The number of carbonyl (C=O) groups is 4. The Morgan fingerprint density at radius 3 is 2.58 bits per heavy atom. The summed E-state index contributed by atoms with van der Waals surface area (Å²) in [5.41, 5.74) is 3.56. The van der Waals surface area contributed by atoms with Crippen LogP contribution in [-0.4, -0.2) is 125 Å². The highest BCUT2D eigenvalue weighted by atomic mass is 32.2. The summed E-state index contributed by atoms with van der Waals surface area (Å²) in [7, 11) is 3.07. The minimum atomic E-state index is -1.46. The molecule has 19 heteroatoms. The van der Waals surface area contributed by atoms with Gasteiger partial charge in [-0.25, -0.2) is 4.79 Å². The van der Waals surface area contributed by atoms with E-state index in [1.807, 2.05) is 7.05 Å². The molecule has 0 spiro atoms. The molecule has 0 unspecified atom stereocenters. The number of fused-ring (bicyclic) bond motifs is 1. The number of carboxylic acid groups (broad SMARTS) is 1. The molecular formula is C24H28N9O8S2+. The first-order chi connectivity index (χ1) is 20.3. The molecule has 0 aliphatic carbocycles. The number of nitrogens with zero attached hydrogens (tertiary/aromatic N) is 6. The van der Waals surface area contributed by atoms with Gasteiger partial charge in [-0.15, -0.1) is 11.8 Å². The Morgan fingerprint density at radius 1 is 1.30 bits per heavy atom. The lowest BCUT2D eigenvalue weighted by atomic mass is 9.88. The van der Waals surface area contributed by atoms with Crippen LogP contribution >= 0.6 is 23.3 Å². The number of thioether (sulfide) groups is 1. The number of nitrogen functional groups attached to an aromatic ring is 1. The average Bonchev–Trinajstić information content (AvgIpc) is 3.41. The van der Waals surface area contributed by atoms with E-state index < -0.39 is 45.8 Å². The molecule has 2 fully saturated rings. The number of oxime groups is 1. The number of H-pyrrole nitrogens is 1. The zero-order chi connectivity index (χ0) is 31.3. The van der Waals surface area contributed by atoms with Crippen molar-refractivity contribution in [2.45, 2.75) is 17.8 Å². The summed E-state index contributed by atoms with van der Waals surface area (Å²) in [5.74, 6) is -3.45. The maximum atomic E-state index is 13.5. The smallest absolute Gasteiger partial charge is 0.358 e. The minimum absolute atomic E-state index is 0.0284. The number of amides is 3. The van der Waals surface area contributed by atoms with Crippen LogP contribution in [0.25, 0.3) is 0 Å². The molecule has 5 heterocycles. The monoisotopic (exact) mass is 634 g/mol. The summed E-state index contributed by atoms with van der Waals surface area (Å²) in [6.07, 6.45) is 1.05. The molecule has 17 nitrogen and oxygen atoms in total. The maximum absolute atomic E-state index is 13.5. The number of aromatic amines is 1. The quantitative estimate of drug-likeness (QED) is 0.102. The number of likely N-dealkylation sites (N-methyl/N-ethyl adjacent to an activating group) is 1. The molecule has 2 aromatic heterocycles. The molecule has 3 aliphatic rings. The van der Waals surface area contributed by atoms with Crippen LogP contribution in [0.5, 0.6) is 5.75 Å². The van der Waals surface area contributed by atoms with Gasteiger partial charge >= 0.3 is 5.97 Å². The lowest BCUT2D eigenvalue weighted by Gasteiger charge is -2.56. The number of carboxylic acids is 1. The van der Waals surface area contributed by atoms with Crippen molar-refractivity contribution in [3.63, 3.8) is 0 Å². The Bertz CT molecular complexity index is 1640. The van der Waals surface area contributed by atoms with Gasteiger partial charge in [-0.1, -0.05) is 5.16 Å². The Morgan fingerprint density at radius 2 is 2.00 bits per heavy atom. The number of nitrogens with one attached hydrogen (secondary N) is 2.